The Labute approximate surface area is 166 Å². The minimum atomic E-state index is -3.75. The number of hydrogen-bond acceptors (Lipinski definition) is 3. The average molecular weight is 391 g/mol. The van der Waals surface area contributed by atoms with Crippen LogP contribution in [0.1, 0.15) is 34.7 Å². The van der Waals surface area contributed by atoms with Crippen molar-refractivity contribution in [3.8, 4) is 0 Å². The van der Waals surface area contributed by atoms with Crippen molar-refractivity contribution in [3.63, 3.8) is 0 Å². The van der Waals surface area contributed by atoms with Gasteiger partial charge in [0.05, 0.1) is 16.6 Å². The Morgan fingerprint density at radius 1 is 0.857 bits per heavy atom. The number of hydrogen-bond donors (Lipinski definition) is 0. The molecule has 0 unspecified atom stereocenters. The molecule has 4 nitrogen and oxygen atoms in total. The maximum Gasteiger partial charge on any atom is 0.279 e. The predicted molar refractivity (Wildman–Crippen MR) is 112 cm³/mol. The Balaban J connectivity index is 1.81. The highest BCUT2D eigenvalue weighted by atomic mass is 32.2. The van der Waals surface area contributed by atoms with Gasteiger partial charge in [0.15, 0.2) is 0 Å². The van der Waals surface area contributed by atoms with Crippen molar-refractivity contribution in [3.05, 3.63) is 101 Å². The summed E-state index contributed by atoms with van der Waals surface area (Å²) in [5, 5.41) is 4.59. The standard InChI is InChI=1S/C23H22N2O2S/c1-17-11-13-19(14-12-17)22-16-23(20-8-6-7-18(2)15-20)25(24-22)28(26,27)21-9-4-3-5-10-21/h3-15,23H,16H2,1-2H3/t23-/m1/s1. The van der Waals surface area contributed by atoms with Crippen molar-refractivity contribution < 1.29 is 8.42 Å². The van der Waals surface area contributed by atoms with Crippen molar-refractivity contribution in [1.29, 1.82) is 0 Å². The SMILES string of the molecule is Cc1ccc(C2=NN(S(=O)(=O)c3ccccc3)[C@@H](c3cccc(C)c3)C2)cc1. The summed E-state index contributed by atoms with van der Waals surface area (Å²) in [6.45, 7) is 4.04. The van der Waals surface area contributed by atoms with Gasteiger partial charge in [-0.2, -0.15) is 17.9 Å². The average Bonchev–Trinajstić information content (AvgIpc) is 3.16. The molecular weight excluding hydrogens is 368 g/mol. The Hall–Kier alpha value is -2.92. The molecule has 0 amide bonds. The molecule has 1 heterocycles. The van der Waals surface area contributed by atoms with Crippen LogP contribution in [-0.4, -0.2) is 18.5 Å². The van der Waals surface area contributed by atoms with Crippen LogP contribution in [0.5, 0.6) is 0 Å². The van der Waals surface area contributed by atoms with Crippen LogP contribution in [0.4, 0.5) is 0 Å². The summed E-state index contributed by atoms with van der Waals surface area (Å²) in [6, 6.07) is 24.2. The highest BCUT2D eigenvalue weighted by molar-refractivity contribution is 7.89. The molecular formula is C23H22N2O2S. The molecule has 1 aliphatic rings. The van der Waals surface area contributed by atoms with E-state index in [1.54, 1.807) is 24.3 Å². The number of sulfonamides is 1. The molecule has 0 bridgehead atoms. The van der Waals surface area contributed by atoms with Gasteiger partial charge in [0.25, 0.3) is 10.0 Å². The van der Waals surface area contributed by atoms with Gasteiger partial charge in [-0.25, -0.2) is 0 Å². The largest absolute Gasteiger partial charge is 0.279 e. The lowest BCUT2D eigenvalue weighted by molar-refractivity contribution is 0.371. The maximum absolute atomic E-state index is 13.4. The van der Waals surface area contributed by atoms with Gasteiger partial charge in [-0.1, -0.05) is 77.9 Å². The lowest BCUT2D eigenvalue weighted by atomic mass is 9.98. The zero-order chi connectivity index (χ0) is 19.7. The van der Waals surface area contributed by atoms with Gasteiger partial charge >= 0.3 is 0 Å². The smallest absolute Gasteiger partial charge is 0.200 e. The molecule has 0 aromatic heterocycles. The number of benzene rings is 3. The van der Waals surface area contributed by atoms with Crippen LogP contribution >= 0.6 is 0 Å². The van der Waals surface area contributed by atoms with E-state index in [0.717, 1.165) is 28.0 Å². The molecule has 0 N–H and O–H groups in total. The highest BCUT2D eigenvalue weighted by Gasteiger charge is 2.37. The van der Waals surface area contributed by atoms with Crippen LogP contribution in [0, 0.1) is 13.8 Å². The fourth-order valence-corrected chi connectivity index (χ4v) is 4.91. The first-order chi connectivity index (χ1) is 13.4. The van der Waals surface area contributed by atoms with Gasteiger partial charge < -0.3 is 0 Å². The lowest BCUT2D eigenvalue weighted by Crippen LogP contribution is -2.27. The van der Waals surface area contributed by atoms with E-state index in [9.17, 15) is 8.42 Å². The molecule has 3 aromatic carbocycles. The van der Waals surface area contributed by atoms with Crippen molar-refractivity contribution in [1.82, 2.24) is 4.41 Å². The fraction of sp³-hybridized carbons (Fsp3) is 0.174. The van der Waals surface area contributed by atoms with Gasteiger partial charge in [0.2, 0.25) is 0 Å². The number of aryl methyl sites for hydroxylation is 2. The molecule has 4 rings (SSSR count). The molecule has 3 aromatic rings. The van der Waals surface area contributed by atoms with Gasteiger partial charge in [0.1, 0.15) is 0 Å². The second-order valence-electron chi connectivity index (χ2n) is 7.14. The minimum Gasteiger partial charge on any atom is -0.200 e. The van der Waals surface area contributed by atoms with Crippen LogP contribution in [0.25, 0.3) is 0 Å². The van der Waals surface area contributed by atoms with Crippen LogP contribution in [0.15, 0.2) is 88.9 Å². The number of nitrogens with zero attached hydrogens (tertiary/aromatic N) is 2. The van der Waals surface area contributed by atoms with Crippen LogP contribution in [-0.2, 0) is 10.0 Å². The summed E-state index contributed by atoms with van der Waals surface area (Å²) in [5.74, 6) is 0. The van der Waals surface area contributed by atoms with E-state index in [1.807, 2.05) is 68.4 Å². The second kappa shape index (κ2) is 7.24. The fourth-order valence-electron chi connectivity index (χ4n) is 3.46. The molecule has 5 heteroatoms. The number of rotatable bonds is 4. The molecule has 0 radical (unpaired) electrons. The summed E-state index contributed by atoms with van der Waals surface area (Å²) in [4.78, 5) is 0.251. The van der Waals surface area contributed by atoms with Crippen LogP contribution in [0.2, 0.25) is 0 Å². The van der Waals surface area contributed by atoms with E-state index < -0.39 is 10.0 Å². The van der Waals surface area contributed by atoms with E-state index in [4.69, 9.17) is 0 Å². The molecule has 1 atom stereocenters. The molecule has 0 aliphatic carbocycles. The van der Waals surface area contributed by atoms with E-state index in [-0.39, 0.29) is 10.9 Å². The summed E-state index contributed by atoms with van der Waals surface area (Å²) >= 11 is 0. The molecule has 0 saturated heterocycles. The highest BCUT2D eigenvalue weighted by Crippen LogP contribution is 2.37. The molecule has 28 heavy (non-hydrogen) atoms. The second-order valence-corrected chi connectivity index (χ2v) is 8.93. The van der Waals surface area contributed by atoms with E-state index >= 15 is 0 Å². The quantitative estimate of drug-likeness (QED) is 0.640. The van der Waals surface area contributed by atoms with E-state index in [0.29, 0.717) is 6.42 Å². The third-order valence-electron chi connectivity index (χ3n) is 4.97. The van der Waals surface area contributed by atoms with Gasteiger partial charge in [-0.3, -0.25) is 0 Å². The third-order valence-corrected chi connectivity index (χ3v) is 6.67. The summed E-state index contributed by atoms with van der Waals surface area (Å²) in [7, 11) is -3.75. The predicted octanol–water partition coefficient (Wildman–Crippen LogP) is 4.84. The van der Waals surface area contributed by atoms with Crippen molar-refractivity contribution in [2.75, 3.05) is 0 Å². The molecule has 0 spiro atoms. The zero-order valence-corrected chi connectivity index (χ0v) is 16.7. The Morgan fingerprint density at radius 3 is 2.25 bits per heavy atom. The maximum atomic E-state index is 13.4. The first-order valence-electron chi connectivity index (χ1n) is 9.26. The number of hydrazone groups is 1. The van der Waals surface area contributed by atoms with Crippen molar-refractivity contribution in [2.24, 2.45) is 5.10 Å². The monoisotopic (exact) mass is 390 g/mol. The summed E-state index contributed by atoms with van der Waals surface area (Å²) < 4.78 is 28.0. The Morgan fingerprint density at radius 2 is 1.57 bits per heavy atom. The van der Waals surface area contributed by atoms with Crippen molar-refractivity contribution in [2.45, 2.75) is 31.2 Å². The molecule has 0 saturated carbocycles. The molecule has 142 valence electrons. The minimum absolute atomic E-state index is 0.251. The van der Waals surface area contributed by atoms with Crippen LogP contribution in [0.3, 0.4) is 0 Å². The first-order valence-corrected chi connectivity index (χ1v) is 10.7. The topological polar surface area (TPSA) is 49.7 Å². The van der Waals surface area contributed by atoms with E-state index in [1.165, 1.54) is 4.41 Å². The van der Waals surface area contributed by atoms with Gasteiger partial charge in [-0.15, -0.1) is 0 Å². The normalized spacial score (nSPS) is 16.9. The van der Waals surface area contributed by atoms with Gasteiger partial charge in [0, 0.05) is 6.42 Å². The molecule has 0 fully saturated rings. The molecule has 1 aliphatic heterocycles. The summed E-state index contributed by atoms with van der Waals surface area (Å²) in [6.07, 6.45) is 0.540. The lowest BCUT2D eigenvalue weighted by Gasteiger charge is -2.23. The van der Waals surface area contributed by atoms with Crippen LogP contribution < -0.4 is 0 Å². The van der Waals surface area contributed by atoms with E-state index in [2.05, 4.69) is 5.10 Å². The summed E-state index contributed by atoms with van der Waals surface area (Å²) in [5.41, 5.74) is 4.94. The van der Waals surface area contributed by atoms with Crippen molar-refractivity contribution >= 4 is 15.7 Å². The van der Waals surface area contributed by atoms with Gasteiger partial charge in [-0.05, 0) is 37.1 Å². The zero-order valence-electron chi connectivity index (χ0n) is 15.9. The Kier molecular flexibility index (Phi) is 4.77. The Bertz CT molecular complexity index is 1120. The first kappa shape index (κ1) is 18.4. The third kappa shape index (κ3) is 3.45.